The maximum atomic E-state index is 5.61. The van der Waals surface area contributed by atoms with Crippen molar-refractivity contribution >= 4 is 0 Å². The van der Waals surface area contributed by atoms with E-state index in [1.165, 1.54) is 0 Å². The fourth-order valence-electron chi connectivity index (χ4n) is 1.18. The largest absolute Gasteiger partial charge is 0.379 e. The van der Waals surface area contributed by atoms with Gasteiger partial charge in [0.25, 0.3) is 0 Å². The fourth-order valence-corrected chi connectivity index (χ4v) is 1.18. The quantitative estimate of drug-likeness (QED) is 0.616. The molecule has 5 nitrogen and oxygen atoms in total. The normalized spacial score (nSPS) is 20.1. The van der Waals surface area contributed by atoms with Crippen LogP contribution in [0.4, 0.5) is 0 Å². The van der Waals surface area contributed by atoms with Crippen molar-refractivity contribution in [2.24, 2.45) is 5.73 Å². The van der Waals surface area contributed by atoms with E-state index in [1.807, 2.05) is 0 Å². The minimum absolute atomic E-state index is 0.172. The molecule has 0 aromatic carbocycles. The molecular formula is C7H10N4O. The Labute approximate surface area is 70.0 Å². The van der Waals surface area contributed by atoms with Crippen LogP contribution in [0.25, 0.3) is 0 Å². The monoisotopic (exact) mass is 166 g/mol. The van der Waals surface area contributed by atoms with Crippen LogP contribution in [-0.4, -0.2) is 34.9 Å². The first-order valence-electron chi connectivity index (χ1n) is 3.79. The van der Waals surface area contributed by atoms with Crippen molar-refractivity contribution in [2.75, 3.05) is 19.8 Å². The molecule has 0 atom stereocenters. The van der Waals surface area contributed by atoms with Gasteiger partial charge in [-0.15, -0.1) is 5.10 Å². The number of hydrogen-bond donors (Lipinski definition) is 1. The Hall–Kier alpha value is -1.07. The zero-order chi connectivity index (χ0) is 8.44. The number of ether oxygens (including phenoxy) is 1. The molecule has 1 fully saturated rings. The smallest absolute Gasteiger partial charge is 0.162 e. The summed E-state index contributed by atoms with van der Waals surface area (Å²) in [5.74, 6) is 0.693. The first-order chi connectivity index (χ1) is 5.87. The Balaban J connectivity index is 2.28. The second kappa shape index (κ2) is 2.76. The van der Waals surface area contributed by atoms with Gasteiger partial charge in [0.1, 0.15) is 0 Å². The lowest BCUT2D eigenvalue weighted by molar-refractivity contribution is -0.0598. The predicted octanol–water partition coefficient (Wildman–Crippen LogP) is -0.902. The third-order valence-corrected chi connectivity index (χ3v) is 2.10. The molecule has 0 radical (unpaired) electrons. The lowest BCUT2D eigenvalue weighted by atomic mass is 9.85. The SMILES string of the molecule is NCC1(c2nccnn2)COC1. The van der Waals surface area contributed by atoms with Gasteiger partial charge in [0.05, 0.1) is 24.8 Å². The zero-order valence-electron chi connectivity index (χ0n) is 6.60. The summed E-state index contributed by atoms with van der Waals surface area (Å²) in [4.78, 5) is 4.11. The molecule has 0 amide bonds. The average Bonchev–Trinajstić information content (AvgIpc) is 2.05. The summed E-state index contributed by atoms with van der Waals surface area (Å²) in [5.41, 5.74) is 5.44. The molecule has 1 saturated heterocycles. The molecule has 1 aromatic rings. The maximum Gasteiger partial charge on any atom is 0.162 e. The van der Waals surface area contributed by atoms with Crippen LogP contribution in [-0.2, 0) is 10.2 Å². The Morgan fingerprint density at radius 3 is 2.75 bits per heavy atom. The second-order valence-corrected chi connectivity index (χ2v) is 2.94. The van der Waals surface area contributed by atoms with Crippen molar-refractivity contribution in [3.63, 3.8) is 0 Å². The third-order valence-electron chi connectivity index (χ3n) is 2.10. The second-order valence-electron chi connectivity index (χ2n) is 2.94. The molecule has 0 bridgehead atoms. The van der Waals surface area contributed by atoms with Gasteiger partial charge in [-0.2, -0.15) is 5.10 Å². The highest BCUT2D eigenvalue weighted by Crippen LogP contribution is 2.27. The topological polar surface area (TPSA) is 73.9 Å². The number of hydrogen-bond acceptors (Lipinski definition) is 5. The van der Waals surface area contributed by atoms with Gasteiger partial charge in [0.2, 0.25) is 0 Å². The molecular weight excluding hydrogens is 156 g/mol. The van der Waals surface area contributed by atoms with Crippen molar-refractivity contribution in [3.05, 3.63) is 18.2 Å². The highest BCUT2D eigenvalue weighted by atomic mass is 16.5. The van der Waals surface area contributed by atoms with Crippen LogP contribution >= 0.6 is 0 Å². The summed E-state index contributed by atoms with van der Waals surface area (Å²) in [5, 5.41) is 7.68. The van der Waals surface area contributed by atoms with E-state index in [0.717, 1.165) is 0 Å². The van der Waals surface area contributed by atoms with Crippen LogP contribution in [0.3, 0.4) is 0 Å². The van der Waals surface area contributed by atoms with Gasteiger partial charge in [-0.25, -0.2) is 4.98 Å². The van der Waals surface area contributed by atoms with E-state index in [4.69, 9.17) is 10.5 Å². The minimum atomic E-state index is -0.172. The first-order valence-corrected chi connectivity index (χ1v) is 3.79. The average molecular weight is 166 g/mol. The summed E-state index contributed by atoms with van der Waals surface area (Å²) in [6.07, 6.45) is 3.17. The first kappa shape index (κ1) is 7.57. The van der Waals surface area contributed by atoms with Crippen LogP contribution in [0.2, 0.25) is 0 Å². The van der Waals surface area contributed by atoms with Crippen molar-refractivity contribution in [2.45, 2.75) is 5.41 Å². The molecule has 2 heterocycles. The standard InChI is InChI=1S/C7H10N4O/c8-3-7(4-12-5-7)6-9-1-2-10-11-6/h1-2H,3-5,8H2. The lowest BCUT2D eigenvalue weighted by Gasteiger charge is -2.38. The van der Waals surface area contributed by atoms with Gasteiger partial charge in [0.15, 0.2) is 5.82 Å². The molecule has 0 spiro atoms. The highest BCUT2D eigenvalue weighted by Gasteiger charge is 2.42. The van der Waals surface area contributed by atoms with Crippen molar-refractivity contribution in [1.82, 2.24) is 15.2 Å². The summed E-state index contributed by atoms with van der Waals surface area (Å²) in [7, 11) is 0. The van der Waals surface area contributed by atoms with Gasteiger partial charge in [0, 0.05) is 12.7 Å². The minimum Gasteiger partial charge on any atom is -0.379 e. The van der Waals surface area contributed by atoms with Gasteiger partial charge in [-0.1, -0.05) is 0 Å². The molecule has 5 heteroatoms. The maximum absolute atomic E-state index is 5.61. The summed E-state index contributed by atoms with van der Waals surface area (Å²) >= 11 is 0. The van der Waals surface area contributed by atoms with E-state index in [1.54, 1.807) is 12.4 Å². The van der Waals surface area contributed by atoms with Gasteiger partial charge < -0.3 is 10.5 Å². The van der Waals surface area contributed by atoms with Crippen LogP contribution in [0.1, 0.15) is 5.82 Å². The van der Waals surface area contributed by atoms with Crippen LogP contribution in [0.15, 0.2) is 12.4 Å². The predicted molar refractivity (Wildman–Crippen MR) is 41.4 cm³/mol. The van der Waals surface area contributed by atoms with Crippen LogP contribution in [0.5, 0.6) is 0 Å². The van der Waals surface area contributed by atoms with Gasteiger partial charge >= 0.3 is 0 Å². The number of aromatic nitrogens is 3. The highest BCUT2D eigenvalue weighted by molar-refractivity contribution is 5.11. The molecule has 1 aliphatic heterocycles. The number of nitrogens with zero attached hydrogens (tertiary/aromatic N) is 3. The molecule has 0 saturated carbocycles. The Morgan fingerprint density at radius 2 is 2.33 bits per heavy atom. The Morgan fingerprint density at radius 1 is 1.50 bits per heavy atom. The molecule has 2 N–H and O–H groups in total. The van der Waals surface area contributed by atoms with E-state index in [-0.39, 0.29) is 5.41 Å². The fraction of sp³-hybridized carbons (Fsp3) is 0.571. The summed E-state index contributed by atoms with van der Waals surface area (Å²) in [6, 6.07) is 0. The van der Waals surface area contributed by atoms with Crippen LogP contribution < -0.4 is 5.73 Å². The number of nitrogens with two attached hydrogens (primary N) is 1. The Bertz CT molecular complexity index is 254. The van der Waals surface area contributed by atoms with Crippen molar-refractivity contribution in [3.8, 4) is 0 Å². The van der Waals surface area contributed by atoms with Crippen molar-refractivity contribution < 1.29 is 4.74 Å². The third kappa shape index (κ3) is 0.981. The number of rotatable bonds is 2. The zero-order valence-corrected chi connectivity index (χ0v) is 6.60. The molecule has 12 heavy (non-hydrogen) atoms. The van der Waals surface area contributed by atoms with Gasteiger partial charge in [-0.05, 0) is 0 Å². The molecule has 2 rings (SSSR count). The summed E-state index contributed by atoms with van der Waals surface area (Å²) < 4.78 is 5.10. The van der Waals surface area contributed by atoms with E-state index in [2.05, 4.69) is 15.2 Å². The molecule has 0 aliphatic carbocycles. The lowest BCUT2D eigenvalue weighted by Crippen LogP contribution is -2.53. The van der Waals surface area contributed by atoms with Crippen LogP contribution in [0, 0.1) is 0 Å². The Kier molecular flexibility index (Phi) is 1.74. The molecule has 64 valence electrons. The summed E-state index contributed by atoms with van der Waals surface area (Å²) in [6.45, 7) is 1.73. The molecule has 1 aliphatic rings. The van der Waals surface area contributed by atoms with E-state index < -0.39 is 0 Å². The van der Waals surface area contributed by atoms with E-state index in [0.29, 0.717) is 25.6 Å². The van der Waals surface area contributed by atoms with E-state index >= 15 is 0 Å². The van der Waals surface area contributed by atoms with Crippen molar-refractivity contribution in [1.29, 1.82) is 0 Å². The molecule has 0 unspecified atom stereocenters. The van der Waals surface area contributed by atoms with Gasteiger partial charge in [-0.3, -0.25) is 0 Å². The van der Waals surface area contributed by atoms with E-state index in [9.17, 15) is 0 Å². The molecule has 1 aromatic heterocycles.